The molecule has 1 aromatic heterocycles. The Hall–Kier alpha value is -2.30. The van der Waals surface area contributed by atoms with E-state index in [-0.39, 0.29) is 11.9 Å². The monoisotopic (exact) mass is 442 g/mol. The number of ketones is 1. The van der Waals surface area contributed by atoms with Gasteiger partial charge < -0.3 is 9.30 Å². The van der Waals surface area contributed by atoms with E-state index >= 15 is 0 Å². The maximum atomic E-state index is 13.0. The molecule has 1 heterocycles. The molecule has 1 fully saturated rings. The van der Waals surface area contributed by atoms with Crippen LogP contribution in [-0.4, -0.2) is 21.4 Å². The quantitative estimate of drug-likeness (QED) is 0.384. The Morgan fingerprint density at radius 2 is 1.97 bits per heavy atom. The summed E-state index contributed by atoms with van der Waals surface area (Å²) in [7, 11) is 0. The highest BCUT2D eigenvalue weighted by atomic mass is 35.5. The normalized spacial score (nSPS) is 13.8. The molecule has 30 heavy (non-hydrogen) atoms. The lowest BCUT2D eigenvalue weighted by molar-refractivity contribution is 0.0979. The third kappa shape index (κ3) is 5.05. The zero-order valence-corrected chi connectivity index (χ0v) is 18.4. The van der Waals surface area contributed by atoms with Crippen molar-refractivity contribution in [3.05, 3.63) is 81.4 Å². The summed E-state index contributed by atoms with van der Waals surface area (Å²) < 4.78 is 8.18. The van der Waals surface area contributed by atoms with E-state index in [0.717, 1.165) is 35.5 Å². The fraction of sp³-hybridized carbons (Fsp3) is 0.333. The summed E-state index contributed by atoms with van der Waals surface area (Å²) in [6.45, 7) is 2.62. The van der Waals surface area contributed by atoms with Gasteiger partial charge in [-0.3, -0.25) is 4.79 Å². The van der Waals surface area contributed by atoms with Crippen LogP contribution in [0.15, 0.2) is 48.8 Å². The molecule has 4 nitrogen and oxygen atoms in total. The Kier molecular flexibility index (Phi) is 6.45. The number of hydrogen-bond acceptors (Lipinski definition) is 3. The standard InChI is InChI=1S/C24H24Cl2N2O2/c1-16-27-9-10-28(16)15-18-11-19(14-21(12-18)30-20-3-2-4-20)24(29)8-6-17-5-7-22(25)23(26)13-17/h5,7,9-14,20H,2-4,6,8,15H2,1H3. The van der Waals surface area contributed by atoms with Gasteiger partial charge in [0, 0.05) is 30.9 Å². The van der Waals surface area contributed by atoms with Crippen molar-refractivity contribution in [2.75, 3.05) is 0 Å². The van der Waals surface area contributed by atoms with Crippen molar-refractivity contribution in [2.45, 2.75) is 51.7 Å². The lowest BCUT2D eigenvalue weighted by atomic mass is 9.96. The molecule has 0 atom stereocenters. The number of nitrogens with zero attached hydrogens (tertiary/aromatic N) is 2. The van der Waals surface area contributed by atoms with E-state index in [9.17, 15) is 4.79 Å². The highest BCUT2D eigenvalue weighted by molar-refractivity contribution is 6.42. The predicted octanol–water partition coefficient (Wildman–Crippen LogP) is 6.29. The Morgan fingerprint density at radius 1 is 1.13 bits per heavy atom. The van der Waals surface area contributed by atoms with Gasteiger partial charge in [-0.1, -0.05) is 29.3 Å². The second kappa shape index (κ2) is 9.23. The van der Waals surface area contributed by atoms with Crippen LogP contribution in [0.1, 0.15) is 53.0 Å². The largest absolute Gasteiger partial charge is 0.490 e. The van der Waals surface area contributed by atoms with E-state index < -0.39 is 0 Å². The van der Waals surface area contributed by atoms with Crippen molar-refractivity contribution in [1.82, 2.24) is 9.55 Å². The maximum Gasteiger partial charge on any atom is 0.163 e. The average molecular weight is 443 g/mol. The molecule has 0 bridgehead atoms. The number of carbonyl (C=O) groups excluding carboxylic acids is 1. The lowest BCUT2D eigenvalue weighted by Gasteiger charge is -2.27. The Morgan fingerprint density at radius 3 is 2.63 bits per heavy atom. The summed E-state index contributed by atoms with van der Waals surface area (Å²) in [5.74, 6) is 1.80. The van der Waals surface area contributed by atoms with E-state index in [1.165, 1.54) is 6.42 Å². The SMILES string of the molecule is Cc1nccn1Cc1cc(OC2CCC2)cc(C(=O)CCc2ccc(Cl)c(Cl)c2)c1. The molecule has 0 saturated heterocycles. The molecule has 3 aromatic rings. The van der Waals surface area contributed by atoms with Crippen molar-refractivity contribution in [1.29, 1.82) is 0 Å². The van der Waals surface area contributed by atoms with Crippen molar-refractivity contribution >= 4 is 29.0 Å². The van der Waals surface area contributed by atoms with Crippen molar-refractivity contribution in [3.8, 4) is 5.75 Å². The zero-order valence-electron chi connectivity index (χ0n) is 16.9. The molecule has 4 rings (SSSR count). The third-order valence-electron chi connectivity index (χ3n) is 5.54. The summed E-state index contributed by atoms with van der Waals surface area (Å²) in [6.07, 6.45) is 8.35. The van der Waals surface area contributed by atoms with E-state index in [0.29, 0.717) is 35.0 Å². The van der Waals surface area contributed by atoms with Gasteiger partial charge >= 0.3 is 0 Å². The first-order valence-electron chi connectivity index (χ1n) is 10.2. The van der Waals surface area contributed by atoms with Gasteiger partial charge in [0.2, 0.25) is 0 Å². The zero-order chi connectivity index (χ0) is 21.1. The summed E-state index contributed by atoms with van der Waals surface area (Å²) in [4.78, 5) is 17.3. The molecule has 0 aliphatic heterocycles. The number of ether oxygens (including phenoxy) is 1. The minimum atomic E-state index is 0.0868. The Bertz CT molecular complexity index is 1060. The minimum absolute atomic E-state index is 0.0868. The summed E-state index contributed by atoms with van der Waals surface area (Å²) in [6, 6.07) is 11.4. The molecule has 2 aromatic carbocycles. The first-order valence-corrected chi connectivity index (χ1v) is 11.0. The van der Waals surface area contributed by atoms with E-state index in [2.05, 4.69) is 9.55 Å². The first kappa shape index (κ1) is 21.0. The van der Waals surface area contributed by atoms with Crippen LogP contribution in [-0.2, 0) is 13.0 Å². The van der Waals surface area contributed by atoms with Gasteiger partial charge in [0.1, 0.15) is 11.6 Å². The van der Waals surface area contributed by atoms with Crippen LogP contribution < -0.4 is 4.74 Å². The van der Waals surface area contributed by atoms with Gasteiger partial charge in [-0.05, 0) is 74.1 Å². The molecule has 0 spiro atoms. The molecular weight excluding hydrogens is 419 g/mol. The van der Waals surface area contributed by atoms with Crippen LogP contribution >= 0.6 is 23.2 Å². The first-order chi connectivity index (χ1) is 14.5. The number of aryl methyl sites for hydroxylation is 2. The van der Waals surface area contributed by atoms with Gasteiger partial charge in [-0.2, -0.15) is 0 Å². The van der Waals surface area contributed by atoms with Gasteiger partial charge in [0.25, 0.3) is 0 Å². The molecule has 0 N–H and O–H groups in total. The molecular formula is C24H24Cl2N2O2. The summed E-state index contributed by atoms with van der Waals surface area (Å²) in [5, 5.41) is 1.03. The number of hydrogen-bond donors (Lipinski definition) is 0. The molecule has 0 radical (unpaired) electrons. The number of halogens is 2. The van der Waals surface area contributed by atoms with Crippen LogP contribution in [0, 0.1) is 6.92 Å². The molecule has 1 aliphatic carbocycles. The smallest absolute Gasteiger partial charge is 0.163 e. The second-order valence-corrected chi connectivity index (χ2v) is 8.62. The summed E-state index contributed by atoms with van der Waals surface area (Å²) >= 11 is 12.1. The number of carbonyl (C=O) groups is 1. The van der Waals surface area contributed by atoms with Crippen LogP contribution in [0.2, 0.25) is 10.0 Å². The van der Waals surface area contributed by atoms with Crippen LogP contribution in [0.4, 0.5) is 0 Å². The highest BCUT2D eigenvalue weighted by Gasteiger charge is 2.20. The van der Waals surface area contributed by atoms with Crippen LogP contribution in [0.5, 0.6) is 5.75 Å². The van der Waals surface area contributed by atoms with Gasteiger partial charge in [0.05, 0.1) is 16.1 Å². The van der Waals surface area contributed by atoms with Crippen LogP contribution in [0.3, 0.4) is 0 Å². The number of benzene rings is 2. The molecule has 0 amide bonds. The van der Waals surface area contributed by atoms with E-state index in [1.54, 1.807) is 12.3 Å². The molecule has 156 valence electrons. The fourth-order valence-electron chi connectivity index (χ4n) is 3.53. The van der Waals surface area contributed by atoms with Gasteiger partial charge in [-0.25, -0.2) is 4.98 Å². The summed E-state index contributed by atoms with van der Waals surface area (Å²) in [5.41, 5.74) is 2.71. The number of imidazole rings is 1. The lowest BCUT2D eigenvalue weighted by Crippen LogP contribution is -2.24. The van der Waals surface area contributed by atoms with Crippen LogP contribution in [0.25, 0.3) is 0 Å². The van der Waals surface area contributed by atoms with Crippen molar-refractivity contribution < 1.29 is 9.53 Å². The van der Waals surface area contributed by atoms with Gasteiger partial charge in [0.15, 0.2) is 5.78 Å². The molecule has 6 heteroatoms. The fourth-order valence-corrected chi connectivity index (χ4v) is 3.85. The number of rotatable bonds is 8. The maximum absolute atomic E-state index is 13.0. The molecule has 1 saturated carbocycles. The van der Waals surface area contributed by atoms with Crippen molar-refractivity contribution in [3.63, 3.8) is 0 Å². The highest BCUT2D eigenvalue weighted by Crippen LogP contribution is 2.28. The second-order valence-electron chi connectivity index (χ2n) is 7.81. The topological polar surface area (TPSA) is 44.1 Å². The third-order valence-corrected chi connectivity index (χ3v) is 6.28. The number of aromatic nitrogens is 2. The molecule has 0 unspecified atom stereocenters. The molecule has 1 aliphatic rings. The minimum Gasteiger partial charge on any atom is -0.490 e. The average Bonchev–Trinajstić information content (AvgIpc) is 3.10. The van der Waals surface area contributed by atoms with E-state index in [4.69, 9.17) is 27.9 Å². The van der Waals surface area contributed by atoms with E-state index in [1.807, 2.05) is 43.5 Å². The Labute approximate surface area is 186 Å². The predicted molar refractivity (Wildman–Crippen MR) is 120 cm³/mol. The van der Waals surface area contributed by atoms with Crippen molar-refractivity contribution in [2.24, 2.45) is 0 Å². The Balaban J connectivity index is 1.52. The number of Topliss-reactive ketones (excluding diaryl/α,β-unsaturated/α-hetero) is 1. The van der Waals surface area contributed by atoms with Gasteiger partial charge in [-0.15, -0.1) is 0 Å².